The number of carboxylic acids is 1. The van der Waals surface area contributed by atoms with E-state index in [0.29, 0.717) is 0 Å². The maximum Gasteiger partial charge on any atom is 0.316 e. The molecule has 1 atom stereocenters. The second kappa shape index (κ2) is 6.26. The van der Waals surface area contributed by atoms with E-state index >= 15 is 0 Å². The molecule has 0 fully saturated rings. The molecule has 0 bridgehead atoms. The summed E-state index contributed by atoms with van der Waals surface area (Å²) < 4.78 is 5.29. The Labute approximate surface area is 128 Å². The molecule has 0 saturated heterocycles. The molecule has 22 heavy (non-hydrogen) atoms. The number of rotatable bonds is 5. The van der Waals surface area contributed by atoms with Gasteiger partial charge in [-0.2, -0.15) is 0 Å². The first-order chi connectivity index (χ1) is 10.8. The quantitative estimate of drug-likeness (QED) is 0.779. The number of hydrogen-bond acceptors (Lipinski definition) is 3. The zero-order chi connectivity index (χ0) is 15.4. The molecule has 0 aliphatic rings. The third-order valence-corrected chi connectivity index (χ3v) is 3.63. The summed E-state index contributed by atoms with van der Waals surface area (Å²) in [4.78, 5) is 15.9. The van der Waals surface area contributed by atoms with Gasteiger partial charge >= 0.3 is 5.97 Å². The van der Waals surface area contributed by atoms with Gasteiger partial charge in [-0.25, -0.2) is 4.98 Å². The minimum Gasteiger partial charge on any atom is -0.481 e. The molecule has 0 spiro atoms. The maximum atomic E-state index is 11.9. The Balaban J connectivity index is 2.14. The normalized spacial score (nSPS) is 12.2. The van der Waals surface area contributed by atoms with Gasteiger partial charge in [0.25, 0.3) is 0 Å². The monoisotopic (exact) mass is 293 g/mol. The fraction of sp³-hybridized carbons (Fsp3) is 0.111. The molecule has 1 N–H and O–H groups in total. The van der Waals surface area contributed by atoms with Gasteiger partial charge in [0.2, 0.25) is 5.89 Å². The minimum absolute atomic E-state index is 0.213. The van der Waals surface area contributed by atoms with Crippen LogP contribution in [0.2, 0.25) is 0 Å². The summed E-state index contributed by atoms with van der Waals surface area (Å²) in [5.74, 6) is -1.98. The molecule has 1 heterocycles. The molecule has 2 aromatic carbocycles. The summed E-state index contributed by atoms with van der Waals surface area (Å²) in [6.45, 7) is 0. The van der Waals surface area contributed by atoms with Gasteiger partial charge in [0.1, 0.15) is 12.2 Å². The fourth-order valence-corrected chi connectivity index (χ4v) is 2.68. The zero-order valence-corrected chi connectivity index (χ0v) is 11.8. The second-order valence-corrected chi connectivity index (χ2v) is 4.99. The molecule has 0 radical (unpaired) electrons. The Morgan fingerprint density at radius 3 is 1.91 bits per heavy atom. The third kappa shape index (κ3) is 2.76. The molecule has 4 nitrogen and oxygen atoms in total. The number of benzene rings is 2. The van der Waals surface area contributed by atoms with Crippen LogP contribution in [0.25, 0.3) is 0 Å². The number of oxazole rings is 1. The average Bonchev–Trinajstić information content (AvgIpc) is 3.07. The van der Waals surface area contributed by atoms with Crippen molar-refractivity contribution < 1.29 is 14.3 Å². The molecule has 3 rings (SSSR count). The van der Waals surface area contributed by atoms with Crippen LogP contribution in [0.5, 0.6) is 0 Å². The summed E-state index contributed by atoms with van der Waals surface area (Å²) in [5.41, 5.74) is 1.83. The van der Waals surface area contributed by atoms with E-state index in [4.69, 9.17) is 4.42 Å². The van der Waals surface area contributed by atoms with E-state index in [-0.39, 0.29) is 11.8 Å². The highest BCUT2D eigenvalue weighted by Crippen LogP contribution is 2.38. The lowest BCUT2D eigenvalue weighted by Crippen LogP contribution is -2.21. The topological polar surface area (TPSA) is 63.3 Å². The van der Waals surface area contributed by atoms with E-state index in [1.807, 2.05) is 60.7 Å². The first kappa shape index (κ1) is 14.1. The number of aliphatic carboxylic acids is 1. The molecule has 0 aliphatic heterocycles. The molecule has 110 valence electrons. The lowest BCUT2D eigenvalue weighted by Gasteiger charge is -2.23. The van der Waals surface area contributed by atoms with Crippen LogP contribution in [0, 0.1) is 0 Å². The number of aromatic nitrogens is 1. The molecule has 0 amide bonds. The lowest BCUT2D eigenvalue weighted by atomic mass is 9.80. The molecule has 4 heteroatoms. The van der Waals surface area contributed by atoms with Gasteiger partial charge in [0.15, 0.2) is 0 Å². The van der Waals surface area contributed by atoms with E-state index in [0.717, 1.165) is 11.1 Å². The first-order valence-corrected chi connectivity index (χ1v) is 6.99. The summed E-state index contributed by atoms with van der Waals surface area (Å²) in [7, 11) is 0. The van der Waals surface area contributed by atoms with E-state index in [1.54, 1.807) is 0 Å². The SMILES string of the molecule is O=C(O)C(c1ncco1)C(c1ccccc1)c1ccccc1. The molecular weight excluding hydrogens is 278 g/mol. The largest absolute Gasteiger partial charge is 0.481 e. The van der Waals surface area contributed by atoms with Gasteiger partial charge in [-0.15, -0.1) is 0 Å². The van der Waals surface area contributed by atoms with Crippen LogP contribution in [-0.2, 0) is 4.79 Å². The smallest absolute Gasteiger partial charge is 0.316 e. The highest BCUT2D eigenvalue weighted by Gasteiger charge is 2.35. The molecule has 0 saturated carbocycles. The average molecular weight is 293 g/mol. The highest BCUT2D eigenvalue weighted by atomic mass is 16.4. The third-order valence-electron chi connectivity index (χ3n) is 3.63. The van der Waals surface area contributed by atoms with Crippen molar-refractivity contribution in [3.05, 3.63) is 90.1 Å². The van der Waals surface area contributed by atoms with Crippen LogP contribution in [0.4, 0.5) is 0 Å². The number of hydrogen-bond donors (Lipinski definition) is 1. The van der Waals surface area contributed by atoms with Crippen molar-refractivity contribution in [3.8, 4) is 0 Å². The Morgan fingerprint density at radius 2 is 1.50 bits per heavy atom. The number of carbonyl (C=O) groups is 1. The Kier molecular flexibility index (Phi) is 4.01. The minimum atomic E-state index is -0.958. The van der Waals surface area contributed by atoms with Gasteiger partial charge in [-0.3, -0.25) is 4.79 Å². The van der Waals surface area contributed by atoms with Gasteiger partial charge in [0, 0.05) is 5.92 Å². The van der Waals surface area contributed by atoms with Crippen molar-refractivity contribution in [2.45, 2.75) is 11.8 Å². The van der Waals surface area contributed by atoms with Crippen molar-refractivity contribution >= 4 is 5.97 Å². The number of carboxylic acid groups (broad SMARTS) is 1. The van der Waals surface area contributed by atoms with Crippen LogP contribution >= 0.6 is 0 Å². The summed E-state index contributed by atoms with van der Waals surface area (Å²) >= 11 is 0. The van der Waals surface area contributed by atoms with Crippen molar-refractivity contribution in [2.75, 3.05) is 0 Å². The maximum absolute atomic E-state index is 11.9. The van der Waals surface area contributed by atoms with Crippen LogP contribution in [0.15, 0.2) is 77.5 Å². The lowest BCUT2D eigenvalue weighted by molar-refractivity contribution is -0.139. The zero-order valence-electron chi connectivity index (χ0n) is 11.8. The summed E-state index contributed by atoms with van der Waals surface area (Å²) in [6.07, 6.45) is 2.87. The number of nitrogens with zero attached hydrogens (tertiary/aromatic N) is 1. The van der Waals surface area contributed by atoms with Gasteiger partial charge in [-0.05, 0) is 11.1 Å². The van der Waals surface area contributed by atoms with E-state index in [2.05, 4.69) is 4.98 Å². The van der Waals surface area contributed by atoms with Gasteiger partial charge in [-0.1, -0.05) is 60.7 Å². The van der Waals surface area contributed by atoms with Crippen LogP contribution in [0.3, 0.4) is 0 Å². The molecule has 1 aromatic heterocycles. The standard InChI is InChI=1S/C18H15NO3/c20-18(21)16(17-19-11-12-22-17)15(13-7-3-1-4-8-13)14-9-5-2-6-10-14/h1-12,15-16H,(H,20,21). The second-order valence-electron chi connectivity index (χ2n) is 4.99. The van der Waals surface area contributed by atoms with Crippen molar-refractivity contribution in [2.24, 2.45) is 0 Å². The van der Waals surface area contributed by atoms with Crippen LogP contribution in [-0.4, -0.2) is 16.1 Å². The molecule has 1 unspecified atom stereocenters. The van der Waals surface area contributed by atoms with Crippen molar-refractivity contribution in [1.82, 2.24) is 4.98 Å². The van der Waals surface area contributed by atoms with E-state index in [9.17, 15) is 9.90 Å². The van der Waals surface area contributed by atoms with Crippen molar-refractivity contribution in [1.29, 1.82) is 0 Å². The molecular formula is C18H15NO3. The van der Waals surface area contributed by atoms with Crippen LogP contribution in [0.1, 0.15) is 28.9 Å². The Morgan fingerprint density at radius 1 is 0.955 bits per heavy atom. The van der Waals surface area contributed by atoms with E-state index in [1.165, 1.54) is 12.5 Å². The predicted octanol–water partition coefficient (Wildman–Crippen LogP) is 3.67. The predicted molar refractivity (Wildman–Crippen MR) is 81.6 cm³/mol. The van der Waals surface area contributed by atoms with Gasteiger partial charge in [0.05, 0.1) is 6.20 Å². The summed E-state index contributed by atoms with van der Waals surface area (Å²) in [6, 6.07) is 19.1. The van der Waals surface area contributed by atoms with Crippen molar-refractivity contribution in [3.63, 3.8) is 0 Å². The molecule has 3 aromatic rings. The summed E-state index contributed by atoms with van der Waals surface area (Å²) in [5, 5.41) is 9.74. The Hall–Kier alpha value is -2.88. The first-order valence-electron chi connectivity index (χ1n) is 6.99. The fourth-order valence-electron chi connectivity index (χ4n) is 2.68. The Bertz CT molecular complexity index is 684. The van der Waals surface area contributed by atoms with Gasteiger partial charge < -0.3 is 9.52 Å². The molecule has 0 aliphatic carbocycles. The highest BCUT2D eigenvalue weighted by molar-refractivity contribution is 5.77. The van der Waals surface area contributed by atoms with E-state index < -0.39 is 11.9 Å². The van der Waals surface area contributed by atoms with Crippen LogP contribution < -0.4 is 0 Å².